The highest BCUT2D eigenvalue weighted by atomic mass is 32.2. The summed E-state index contributed by atoms with van der Waals surface area (Å²) in [6.07, 6.45) is 5.53. The van der Waals surface area contributed by atoms with Gasteiger partial charge >= 0.3 is 0 Å². The Morgan fingerprint density at radius 2 is 1.24 bits per heavy atom. The van der Waals surface area contributed by atoms with Crippen LogP contribution in [0.2, 0.25) is 0 Å². The van der Waals surface area contributed by atoms with Gasteiger partial charge in [0.25, 0.3) is 0 Å². The third kappa shape index (κ3) is 5.26. The van der Waals surface area contributed by atoms with Crippen LogP contribution >= 0.6 is 0 Å². The van der Waals surface area contributed by atoms with Gasteiger partial charge in [-0.25, -0.2) is 8.42 Å². The summed E-state index contributed by atoms with van der Waals surface area (Å²) in [7, 11) is -3.67. The molecule has 0 spiro atoms. The van der Waals surface area contributed by atoms with Crippen molar-refractivity contribution in [2.45, 2.75) is 29.3 Å². The molecule has 0 amide bonds. The summed E-state index contributed by atoms with van der Waals surface area (Å²) in [6.45, 7) is 2.23. The number of rotatable bonds is 6. The Hall–Kier alpha value is -4.75. The van der Waals surface area contributed by atoms with Crippen molar-refractivity contribution in [3.63, 3.8) is 0 Å². The molecule has 1 aliphatic carbocycles. The summed E-state index contributed by atoms with van der Waals surface area (Å²) < 4.78 is 30.1. The molecule has 2 aliphatic heterocycles. The molecule has 244 valence electrons. The van der Waals surface area contributed by atoms with Crippen LogP contribution in [0.5, 0.6) is 0 Å². The van der Waals surface area contributed by atoms with Crippen molar-refractivity contribution in [3.8, 4) is 0 Å². The van der Waals surface area contributed by atoms with E-state index in [0.29, 0.717) is 31.1 Å². The first-order valence-corrected chi connectivity index (χ1v) is 18.8. The lowest BCUT2D eigenvalue weighted by Crippen LogP contribution is -2.49. The van der Waals surface area contributed by atoms with Gasteiger partial charge in [-0.15, -0.1) is 0 Å². The summed E-state index contributed by atoms with van der Waals surface area (Å²) in [6, 6.07) is 46.6. The summed E-state index contributed by atoms with van der Waals surface area (Å²) in [5.74, 6) is 0.430. The normalized spacial score (nSPS) is 21.1. The molecule has 0 saturated carbocycles. The van der Waals surface area contributed by atoms with Gasteiger partial charge in [-0.3, -0.25) is 4.90 Å². The maximum Gasteiger partial charge on any atom is 0.243 e. The van der Waals surface area contributed by atoms with Gasteiger partial charge < -0.3 is 5.32 Å². The van der Waals surface area contributed by atoms with E-state index in [0.717, 1.165) is 17.7 Å². The van der Waals surface area contributed by atoms with Gasteiger partial charge in [0.05, 0.1) is 17.0 Å². The van der Waals surface area contributed by atoms with E-state index in [2.05, 4.69) is 125 Å². The standard InChI is InChI=1S/C43H39N3O2S/c47-49(48,46-26-24-45(25-27-46)43(30-12-3-1-4-13-30)31-14-5-2-6-15-31)34-22-23-40-39(29-34)37-20-11-21-38(37)42(44-40)41-35-18-9-7-16-32(35)28-33-17-8-10-19-36(33)41/h1-20,22-23,28-29,37-38,42-44H,21,24-27H2. The molecule has 3 atom stereocenters. The number of fused-ring (bicyclic) bond motifs is 5. The first-order chi connectivity index (χ1) is 24.1. The predicted octanol–water partition coefficient (Wildman–Crippen LogP) is 8.92. The third-order valence-corrected chi connectivity index (χ3v) is 12.9. The summed E-state index contributed by atoms with van der Waals surface area (Å²) in [5.41, 5.74) is 5.87. The van der Waals surface area contributed by atoms with Crippen molar-refractivity contribution < 1.29 is 8.42 Å². The quantitative estimate of drug-likeness (QED) is 0.143. The molecule has 3 aliphatic rings. The van der Waals surface area contributed by atoms with Crippen molar-refractivity contribution in [3.05, 3.63) is 168 Å². The van der Waals surface area contributed by atoms with Crippen LogP contribution in [0.4, 0.5) is 5.69 Å². The number of piperazine rings is 1. The van der Waals surface area contributed by atoms with Gasteiger partial charge in [0, 0.05) is 37.8 Å². The van der Waals surface area contributed by atoms with E-state index in [9.17, 15) is 8.42 Å². The second-order valence-corrected chi connectivity index (χ2v) is 15.6. The minimum atomic E-state index is -3.67. The summed E-state index contributed by atoms with van der Waals surface area (Å²) in [4.78, 5) is 2.80. The molecule has 5 nitrogen and oxygen atoms in total. The van der Waals surface area contributed by atoms with Crippen molar-refractivity contribution in [1.29, 1.82) is 0 Å². The number of hydrogen-bond acceptors (Lipinski definition) is 4. The van der Waals surface area contributed by atoms with Crippen LogP contribution < -0.4 is 5.32 Å². The molecule has 3 unspecified atom stereocenters. The Labute approximate surface area is 288 Å². The van der Waals surface area contributed by atoms with Crippen molar-refractivity contribution >= 4 is 37.3 Å². The number of anilines is 1. The van der Waals surface area contributed by atoms with E-state index in [4.69, 9.17) is 0 Å². The maximum atomic E-state index is 14.2. The largest absolute Gasteiger partial charge is 0.378 e. The molecule has 0 radical (unpaired) electrons. The molecular formula is C43H39N3O2S. The van der Waals surface area contributed by atoms with Crippen LogP contribution in [0.3, 0.4) is 0 Å². The predicted molar refractivity (Wildman–Crippen MR) is 199 cm³/mol. The average molecular weight is 662 g/mol. The molecule has 1 N–H and O–H groups in total. The summed E-state index contributed by atoms with van der Waals surface area (Å²) in [5, 5.41) is 8.95. The molecule has 6 aromatic carbocycles. The van der Waals surface area contributed by atoms with E-state index in [1.807, 2.05) is 30.3 Å². The smallest absolute Gasteiger partial charge is 0.243 e. The minimum Gasteiger partial charge on any atom is -0.378 e. The number of nitrogens with zero attached hydrogens (tertiary/aromatic N) is 2. The van der Waals surface area contributed by atoms with Crippen LogP contribution in [0.1, 0.15) is 46.7 Å². The Kier molecular flexibility index (Phi) is 7.61. The van der Waals surface area contributed by atoms with E-state index < -0.39 is 10.0 Å². The minimum absolute atomic E-state index is 0.0833. The van der Waals surface area contributed by atoms with Crippen molar-refractivity contribution in [2.75, 3.05) is 31.5 Å². The maximum absolute atomic E-state index is 14.2. The molecule has 9 rings (SSSR count). The molecule has 0 aromatic heterocycles. The molecule has 49 heavy (non-hydrogen) atoms. The zero-order chi connectivity index (χ0) is 33.0. The average Bonchev–Trinajstić information content (AvgIpc) is 3.66. The number of allylic oxidation sites excluding steroid dienone is 2. The van der Waals surface area contributed by atoms with Crippen LogP contribution in [0, 0.1) is 5.92 Å². The topological polar surface area (TPSA) is 52.7 Å². The third-order valence-electron chi connectivity index (χ3n) is 11.0. The lowest BCUT2D eigenvalue weighted by Gasteiger charge is -2.40. The Bertz CT molecular complexity index is 2200. The SMILES string of the molecule is O=S(=O)(c1ccc2c(c1)C1C=CCC1C(c1c3ccccc3cc3ccccc13)N2)N1CCN(C(c2ccccc2)c2ccccc2)CC1. The van der Waals surface area contributed by atoms with Gasteiger partial charge in [-0.2, -0.15) is 4.31 Å². The Balaban J connectivity index is 1.01. The molecule has 1 saturated heterocycles. The van der Waals surface area contributed by atoms with Gasteiger partial charge in [-0.1, -0.05) is 121 Å². The molecule has 0 bridgehead atoms. The van der Waals surface area contributed by atoms with E-state index >= 15 is 0 Å². The van der Waals surface area contributed by atoms with Gasteiger partial charge in [-0.05, 0) is 80.4 Å². The highest BCUT2D eigenvalue weighted by molar-refractivity contribution is 7.89. The lowest BCUT2D eigenvalue weighted by molar-refractivity contribution is 0.156. The Morgan fingerprint density at radius 1 is 0.653 bits per heavy atom. The molecule has 2 heterocycles. The summed E-state index contributed by atoms with van der Waals surface area (Å²) >= 11 is 0. The van der Waals surface area contributed by atoms with E-state index in [1.54, 1.807) is 4.31 Å². The van der Waals surface area contributed by atoms with Crippen LogP contribution in [-0.4, -0.2) is 43.8 Å². The van der Waals surface area contributed by atoms with Crippen molar-refractivity contribution in [1.82, 2.24) is 9.21 Å². The van der Waals surface area contributed by atoms with Crippen LogP contribution in [0.15, 0.2) is 151 Å². The zero-order valence-corrected chi connectivity index (χ0v) is 28.1. The Morgan fingerprint density at radius 3 is 1.88 bits per heavy atom. The molecule has 1 fully saturated rings. The molecule has 6 aromatic rings. The first-order valence-electron chi connectivity index (χ1n) is 17.4. The highest BCUT2D eigenvalue weighted by Crippen LogP contribution is 2.52. The fraction of sp³-hybridized carbons (Fsp3) is 0.209. The number of hydrogen-bond donors (Lipinski definition) is 1. The van der Waals surface area contributed by atoms with E-state index in [-0.39, 0.29) is 23.9 Å². The first kappa shape index (κ1) is 30.3. The number of nitrogens with one attached hydrogen (secondary N) is 1. The lowest BCUT2D eigenvalue weighted by atomic mass is 9.75. The fourth-order valence-corrected chi connectivity index (χ4v) is 10.1. The molecular weight excluding hydrogens is 623 g/mol. The molecule has 6 heteroatoms. The number of sulfonamides is 1. The van der Waals surface area contributed by atoms with E-state index in [1.165, 1.54) is 38.2 Å². The fourth-order valence-electron chi connectivity index (χ4n) is 8.64. The van der Waals surface area contributed by atoms with Crippen molar-refractivity contribution in [2.24, 2.45) is 5.92 Å². The second-order valence-electron chi connectivity index (χ2n) is 13.6. The zero-order valence-electron chi connectivity index (χ0n) is 27.3. The van der Waals surface area contributed by atoms with Crippen LogP contribution in [-0.2, 0) is 10.0 Å². The van der Waals surface area contributed by atoms with Gasteiger partial charge in [0.1, 0.15) is 0 Å². The highest BCUT2D eigenvalue weighted by Gasteiger charge is 2.40. The van der Waals surface area contributed by atoms with Crippen LogP contribution in [0.25, 0.3) is 21.5 Å². The van der Waals surface area contributed by atoms with Gasteiger partial charge in [0.15, 0.2) is 0 Å². The second kappa shape index (κ2) is 12.3. The monoisotopic (exact) mass is 661 g/mol. The van der Waals surface area contributed by atoms with Gasteiger partial charge in [0.2, 0.25) is 10.0 Å². The number of benzene rings is 6.